The lowest BCUT2D eigenvalue weighted by Crippen LogP contribution is -2.47. The van der Waals surface area contributed by atoms with Crippen LogP contribution >= 0.6 is 0 Å². The first-order valence-corrected chi connectivity index (χ1v) is 9.03. The van der Waals surface area contributed by atoms with Gasteiger partial charge >= 0.3 is 6.09 Å². The summed E-state index contributed by atoms with van der Waals surface area (Å²) in [6, 6.07) is 3.12. The summed E-state index contributed by atoms with van der Waals surface area (Å²) in [5.41, 5.74) is 0.406. The summed E-state index contributed by atoms with van der Waals surface area (Å²) in [6.45, 7) is 3.15. The normalized spacial score (nSPS) is 17.1. The van der Waals surface area contributed by atoms with E-state index in [9.17, 15) is 19.2 Å². The van der Waals surface area contributed by atoms with E-state index in [1.54, 1.807) is 24.0 Å². The molecule has 2 aliphatic heterocycles. The van der Waals surface area contributed by atoms with Crippen molar-refractivity contribution in [2.45, 2.75) is 32.2 Å². The number of piperidine rings is 1. The van der Waals surface area contributed by atoms with Crippen molar-refractivity contribution in [1.29, 1.82) is 0 Å². The van der Waals surface area contributed by atoms with Gasteiger partial charge in [0.1, 0.15) is 5.69 Å². The van der Waals surface area contributed by atoms with Gasteiger partial charge in [0, 0.05) is 38.3 Å². The Kier molecular flexibility index (Phi) is 5.68. The fraction of sp³-hybridized carbons (Fsp3) is 0.500. The Morgan fingerprint density at radius 1 is 1.26 bits per heavy atom. The molecule has 0 radical (unpaired) electrons. The number of imide groups is 1. The highest BCUT2D eigenvalue weighted by Crippen LogP contribution is 2.20. The first-order chi connectivity index (χ1) is 13.0. The van der Waals surface area contributed by atoms with E-state index in [0.29, 0.717) is 32.5 Å². The second-order valence-corrected chi connectivity index (χ2v) is 6.44. The summed E-state index contributed by atoms with van der Waals surface area (Å²) in [4.78, 5) is 55.0. The Morgan fingerprint density at radius 3 is 2.67 bits per heavy atom. The number of rotatable bonds is 5. The number of pyridine rings is 1. The molecule has 27 heavy (non-hydrogen) atoms. The number of nitrogens with zero attached hydrogens (tertiary/aromatic N) is 3. The van der Waals surface area contributed by atoms with Crippen LogP contribution in [0.4, 0.5) is 4.79 Å². The number of amides is 4. The maximum atomic E-state index is 12.2. The van der Waals surface area contributed by atoms with Crippen LogP contribution < -0.4 is 5.32 Å². The summed E-state index contributed by atoms with van der Waals surface area (Å²) in [5.74, 6) is -1.11. The molecule has 9 nitrogen and oxygen atoms in total. The third-order valence-electron chi connectivity index (χ3n) is 4.68. The number of fused-ring (bicyclic) bond motifs is 1. The molecule has 9 heteroatoms. The lowest BCUT2D eigenvalue weighted by molar-refractivity contribution is -0.122. The SMILES string of the molecule is CCOC(=O)N1CCC(NC(=O)CCN2C(=O)c3cccnc3C2=O)CC1. The van der Waals surface area contributed by atoms with Crippen molar-refractivity contribution in [3.05, 3.63) is 29.6 Å². The maximum absolute atomic E-state index is 12.2. The van der Waals surface area contributed by atoms with Gasteiger partial charge in [0.15, 0.2) is 0 Å². The van der Waals surface area contributed by atoms with Gasteiger partial charge in [-0.25, -0.2) is 4.79 Å². The topological polar surface area (TPSA) is 109 Å². The minimum absolute atomic E-state index is 0.0154. The van der Waals surface area contributed by atoms with Gasteiger partial charge in [0.25, 0.3) is 11.8 Å². The van der Waals surface area contributed by atoms with E-state index in [-0.39, 0.29) is 42.3 Å². The van der Waals surface area contributed by atoms with Crippen molar-refractivity contribution in [2.24, 2.45) is 0 Å². The number of hydrogen-bond donors (Lipinski definition) is 1. The molecule has 1 N–H and O–H groups in total. The minimum atomic E-state index is -0.467. The third kappa shape index (κ3) is 4.07. The number of nitrogens with one attached hydrogen (secondary N) is 1. The fourth-order valence-corrected chi connectivity index (χ4v) is 3.25. The van der Waals surface area contributed by atoms with Crippen LogP contribution in [0.1, 0.15) is 47.0 Å². The van der Waals surface area contributed by atoms with E-state index in [1.165, 1.54) is 6.20 Å². The van der Waals surface area contributed by atoms with Crippen molar-refractivity contribution in [1.82, 2.24) is 20.1 Å². The summed E-state index contributed by atoms with van der Waals surface area (Å²) in [5, 5.41) is 2.90. The average molecular weight is 374 g/mol. The average Bonchev–Trinajstić information content (AvgIpc) is 2.92. The first kappa shape index (κ1) is 18.8. The van der Waals surface area contributed by atoms with Crippen LogP contribution in [0.3, 0.4) is 0 Å². The lowest BCUT2D eigenvalue weighted by Gasteiger charge is -2.31. The maximum Gasteiger partial charge on any atom is 0.409 e. The lowest BCUT2D eigenvalue weighted by atomic mass is 10.1. The number of hydrogen-bond acceptors (Lipinski definition) is 6. The van der Waals surface area contributed by atoms with Crippen LogP contribution in [-0.4, -0.2) is 70.9 Å². The molecule has 3 heterocycles. The predicted molar refractivity (Wildman–Crippen MR) is 94.0 cm³/mol. The molecule has 1 saturated heterocycles. The highest BCUT2D eigenvalue weighted by molar-refractivity contribution is 6.20. The number of ether oxygens (including phenoxy) is 1. The van der Waals surface area contributed by atoms with Gasteiger partial charge in [0.2, 0.25) is 5.91 Å². The fourth-order valence-electron chi connectivity index (χ4n) is 3.25. The van der Waals surface area contributed by atoms with E-state index < -0.39 is 11.8 Å². The zero-order valence-electron chi connectivity index (χ0n) is 15.1. The number of aromatic nitrogens is 1. The van der Waals surface area contributed by atoms with Crippen molar-refractivity contribution in [3.8, 4) is 0 Å². The van der Waals surface area contributed by atoms with Crippen LogP contribution in [0, 0.1) is 0 Å². The standard InChI is InChI=1S/C18H22N4O5/c1-2-27-18(26)21-9-5-12(6-10-21)20-14(23)7-11-22-16(24)13-4-3-8-19-15(13)17(22)25/h3-4,8,12H,2,5-7,9-11H2,1H3,(H,20,23). The van der Waals surface area contributed by atoms with Crippen molar-refractivity contribution in [3.63, 3.8) is 0 Å². The third-order valence-corrected chi connectivity index (χ3v) is 4.68. The van der Waals surface area contributed by atoms with E-state index >= 15 is 0 Å². The molecule has 0 unspecified atom stereocenters. The first-order valence-electron chi connectivity index (χ1n) is 9.03. The smallest absolute Gasteiger partial charge is 0.409 e. The van der Waals surface area contributed by atoms with Gasteiger partial charge < -0.3 is 15.0 Å². The highest BCUT2D eigenvalue weighted by atomic mass is 16.6. The molecular formula is C18H22N4O5. The number of carbonyl (C=O) groups excluding carboxylic acids is 4. The van der Waals surface area contributed by atoms with Crippen molar-refractivity contribution < 1.29 is 23.9 Å². The van der Waals surface area contributed by atoms with Crippen LogP contribution in [0.5, 0.6) is 0 Å². The van der Waals surface area contributed by atoms with Crippen molar-refractivity contribution in [2.75, 3.05) is 26.2 Å². The molecule has 1 aromatic rings. The summed E-state index contributed by atoms with van der Waals surface area (Å²) in [6.07, 6.45) is 2.44. The van der Waals surface area contributed by atoms with Gasteiger partial charge in [-0.05, 0) is 31.9 Å². The van der Waals surface area contributed by atoms with E-state index in [1.807, 2.05) is 0 Å². The Labute approximate surface area is 156 Å². The van der Waals surface area contributed by atoms with Gasteiger partial charge in [0.05, 0.1) is 12.2 Å². The van der Waals surface area contributed by atoms with Crippen LogP contribution in [0.2, 0.25) is 0 Å². The molecule has 1 fully saturated rings. The molecule has 0 spiro atoms. The molecule has 0 aliphatic carbocycles. The molecule has 0 aromatic carbocycles. The molecule has 4 amide bonds. The van der Waals surface area contributed by atoms with Gasteiger partial charge in [-0.3, -0.25) is 24.3 Å². The number of likely N-dealkylation sites (tertiary alicyclic amines) is 1. The quantitative estimate of drug-likeness (QED) is 0.764. The molecule has 1 aromatic heterocycles. The summed E-state index contributed by atoms with van der Waals surface area (Å²) in [7, 11) is 0. The predicted octanol–water partition coefficient (Wildman–Crippen LogP) is 0.805. The zero-order valence-corrected chi connectivity index (χ0v) is 15.1. The highest BCUT2D eigenvalue weighted by Gasteiger charge is 2.36. The molecular weight excluding hydrogens is 352 g/mol. The summed E-state index contributed by atoms with van der Waals surface area (Å²) < 4.78 is 4.97. The van der Waals surface area contributed by atoms with Crippen LogP contribution in [-0.2, 0) is 9.53 Å². The Hall–Kier alpha value is -2.97. The molecule has 3 rings (SSSR count). The molecule has 144 valence electrons. The van der Waals surface area contributed by atoms with Gasteiger partial charge in [-0.2, -0.15) is 0 Å². The van der Waals surface area contributed by atoms with E-state index in [0.717, 1.165) is 4.90 Å². The Balaban J connectivity index is 1.44. The van der Waals surface area contributed by atoms with E-state index in [2.05, 4.69) is 10.3 Å². The number of carbonyl (C=O) groups is 4. The zero-order chi connectivity index (χ0) is 19.4. The monoisotopic (exact) mass is 374 g/mol. The van der Waals surface area contributed by atoms with Gasteiger partial charge in [-0.1, -0.05) is 0 Å². The molecule has 2 aliphatic rings. The molecule has 0 saturated carbocycles. The Morgan fingerprint density at radius 2 is 2.00 bits per heavy atom. The van der Waals surface area contributed by atoms with Crippen LogP contribution in [0.25, 0.3) is 0 Å². The van der Waals surface area contributed by atoms with Crippen LogP contribution in [0.15, 0.2) is 18.3 Å². The van der Waals surface area contributed by atoms with Crippen molar-refractivity contribution >= 4 is 23.8 Å². The second-order valence-electron chi connectivity index (χ2n) is 6.44. The largest absolute Gasteiger partial charge is 0.450 e. The second kappa shape index (κ2) is 8.15. The Bertz CT molecular complexity index is 723. The summed E-state index contributed by atoms with van der Waals surface area (Å²) >= 11 is 0. The molecule has 0 bridgehead atoms. The van der Waals surface area contributed by atoms with E-state index in [4.69, 9.17) is 4.74 Å². The van der Waals surface area contributed by atoms with Gasteiger partial charge in [-0.15, -0.1) is 0 Å². The minimum Gasteiger partial charge on any atom is -0.450 e. The molecule has 0 atom stereocenters.